The van der Waals surface area contributed by atoms with E-state index in [2.05, 4.69) is 17.5 Å². The third-order valence-corrected chi connectivity index (χ3v) is 5.44. The van der Waals surface area contributed by atoms with E-state index in [0.29, 0.717) is 15.8 Å². The molecule has 1 aliphatic rings. The number of amides is 1. The molecule has 2 aromatic rings. The molecular weight excluding hydrogens is 326 g/mol. The van der Waals surface area contributed by atoms with Gasteiger partial charge in [0.1, 0.15) is 5.76 Å². The lowest BCUT2D eigenvalue weighted by atomic mass is 10.0. The highest BCUT2D eigenvalue weighted by Gasteiger charge is 2.23. The molecule has 110 valence electrons. The Morgan fingerprint density at radius 3 is 2.95 bits per heavy atom. The highest BCUT2D eigenvalue weighted by atomic mass is 35.5. The van der Waals surface area contributed by atoms with Gasteiger partial charge in [-0.3, -0.25) is 4.79 Å². The lowest BCUT2D eigenvalue weighted by Gasteiger charge is -2.17. The first-order valence-corrected chi connectivity index (χ1v) is 8.71. The van der Waals surface area contributed by atoms with Gasteiger partial charge in [0.25, 0.3) is 5.91 Å². The van der Waals surface area contributed by atoms with E-state index in [1.54, 1.807) is 23.5 Å². The van der Waals surface area contributed by atoms with E-state index in [9.17, 15) is 4.79 Å². The average molecular weight is 340 g/mol. The van der Waals surface area contributed by atoms with Crippen LogP contribution in [0.15, 0.2) is 41.5 Å². The minimum atomic E-state index is -0.0907. The molecule has 0 spiro atoms. The van der Waals surface area contributed by atoms with Gasteiger partial charge in [0.05, 0.1) is 21.7 Å². The molecule has 0 fully saturated rings. The van der Waals surface area contributed by atoms with Crippen LogP contribution in [0.3, 0.4) is 0 Å². The Kier molecular flexibility index (Phi) is 4.63. The Morgan fingerprint density at radius 1 is 1.43 bits per heavy atom. The average Bonchev–Trinajstić information content (AvgIpc) is 3.21. The van der Waals surface area contributed by atoms with Crippen LogP contribution in [0.2, 0.25) is 4.34 Å². The standard InChI is InChI=1S/C15H14ClNO2S2/c16-14-6-5-13(21-14)15(18)17-9-10(11-3-1-7-19-11)12-4-2-8-20-12/h2-6,8,10H,1,7,9H2,(H,17,18). The maximum Gasteiger partial charge on any atom is 0.261 e. The van der Waals surface area contributed by atoms with E-state index in [1.165, 1.54) is 16.2 Å². The van der Waals surface area contributed by atoms with Gasteiger partial charge in [0.15, 0.2) is 0 Å². The second-order valence-electron chi connectivity index (χ2n) is 4.63. The summed E-state index contributed by atoms with van der Waals surface area (Å²) in [6, 6.07) is 7.57. The predicted octanol–water partition coefficient (Wildman–Crippen LogP) is 4.28. The summed E-state index contributed by atoms with van der Waals surface area (Å²) in [5, 5.41) is 5.02. The molecule has 1 unspecified atom stereocenters. The molecule has 1 amide bonds. The fraction of sp³-hybridized carbons (Fsp3) is 0.267. The number of carbonyl (C=O) groups excluding carboxylic acids is 1. The maximum absolute atomic E-state index is 12.1. The van der Waals surface area contributed by atoms with Crippen LogP contribution in [0.5, 0.6) is 0 Å². The van der Waals surface area contributed by atoms with Crippen molar-refractivity contribution in [2.45, 2.75) is 12.3 Å². The molecule has 1 N–H and O–H groups in total. The van der Waals surface area contributed by atoms with Crippen LogP contribution in [0.1, 0.15) is 26.9 Å². The molecule has 0 saturated carbocycles. The van der Waals surface area contributed by atoms with Crippen molar-refractivity contribution < 1.29 is 9.53 Å². The Bertz CT molecular complexity index is 648. The molecule has 1 atom stereocenters. The molecule has 0 saturated heterocycles. The van der Waals surface area contributed by atoms with Gasteiger partial charge < -0.3 is 10.1 Å². The monoisotopic (exact) mass is 339 g/mol. The van der Waals surface area contributed by atoms with Gasteiger partial charge in [-0.25, -0.2) is 0 Å². The number of thiophene rings is 2. The number of ether oxygens (including phenoxy) is 1. The Labute approximate surface area is 136 Å². The van der Waals surface area contributed by atoms with Crippen molar-refractivity contribution in [3.8, 4) is 0 Å². The van der Waals surface area contributed by atoms with Crippen molar-refractivity contribution in [2.24, 2.45) is 0 Å². The van der Waals surface area contributed by atoms with Gasteiger partial charge in [-0.15, -0.1) is 22.7 Å². The summed E-state index contributed by atoms with van der Waals surface area (Å²) >= 11 is 8.83. The Hall–Kier alpha value is -1.30. The number of halogens is 1. The summed E-state index contributed by atoms with van der Waals surface area (Å²) in [5.41, 5.74) is 0. The third kappa shape index (κ3) is 3.48. The first-order chi connectivity index (χ1) is 10.2. The number of rotatable bonds is 5. The lowest BCUT2D eigenvalue weighted by molar-refractivity contribution is 0.0953. The molecule has 2 aromatic heterocycles. The predicted molar refractivity (Wildman–Crippen MR) is 87.4 cm³/mol. The minimum absolute atomic E-state index is 0.0897. The SMILES string of the molecule is O=C(NCC(C1=CCCO1)c1cccs1)c1ccc(Cl)s1. The van der Waals surface area contributed by atoms with Crippen molar-refractivity contribution in [1.82, 2.24) is 5.32 Å². The minimum Gasteiger partial charge on any atom is -0.497 e. The van der Waals surface area contributed by atoms with Crippen molar-refractivity contribution in [1.29, 1.82) is 0 Å². The number of carbonyl (C=O) groups is 1. The Balaban J connectivity index is 1.69. The lowest BCUT2D eigenvalue weighted by Crippen LogP contribution is -2.28. The highest BCUT2D eigenvalue weighted by molar-refractivity contribution is 7.18. The van der Waals surface area contributed by atoms with Crippen molar-refractivity contribution >= 4 is 40.2 Å². The third-order valence-electron chi connectivity index (χ3n) is 3.23. The normalized spacial score (nSPS) is 15.4. The van der Waals surface area contributed by atoms with Crippen LogP contribution in [0.25, 0.3) is 0 Å². The summed E-state index contributed by atoms with van der Waals surface area (Å²) in [7, 11) is 0. The van der Waals surface area contributed by atoms with Crippen LogP contribution in [0, 0.1) is 0 Å². The molecule has 21 heavy (non-hydrogen) atoms. The largest absolute Gasteiger partial charge is 0.497 e. The molecule has 3 heterocycles. The first-order valence-electron chi connectivity index (χ1n) is 6.64. The summed E-state index contributed by atoms with van der Waals surface area (Å²) < 4.78 is 6.30. The zero-order valence-corrected chi connectivity index (χ0v) is 13.6. The second-order valence-corrected chi connectivity index (χ2v) is 7.32. The molecule has 0 bridgehead atoms. The number of nitrogens with one attached hydrogen (secondary N) is 1. The summed E-state index contributed by atoms with van der Waals surface area (Å²) in [4.78, 5) is 14.0. The molecule has 1 aliphatic heterocycles. The number of hydrogen-bond acceptors (Lipinski definition) is 4. The van der Waals surface area contributed by atoms with Crippen molar-refractivity contribution in [3.05, 3.63) is 55.6 Å². The summed E-state index contributed by atoms with van der Waals surface area (Å²) in [6.07, 6.45) is 3.05. The molecule has 0 aromatic carbocycles. The highest BCUT2D eigenvalue weighted by Crippen LogP contribution is 2.31. The maximum atomic E-state index is 12.1. The van der Waals surface area contributed by atoms with Gasteiger partial charge in [0, 0.05) is 17.8 Å². The van der Waals surface area contributed by atoms with Gasteiger partial charge in [-0.2, -0.15) is 0 Å². The van der Waals surface area contributed by atoms with E-state index in [4.69, 9.17) is 16.3 Å². The van der Waals surface area contributed by atoms with E-state index >= 15 is 0 Å². The first kappa shape index (κ1) is 14.6. The summed E-state index contributed by atoms with van der Waals surface area (Å²) in [6.45, 7) is 1.26. The molecule has 0 aliphatic carbocycles. The van der Waals surface area contributed by atoms with E-state index < -0.39 is 0 Å². The fourth-order valence-corrected chi connectivity index (χ4v) is 4.02. The van der Waals surface area contributed by atoms with E-state index in [1.807, 2.05) is 11.4 Å². The van der Waals surface area contributed by atoms with Crippen molar-refractivity contribution in [2.75, 3.05) is 13.2 Å². The zero-order chi connectivity index (χ0) is 14.7. The topological polar surface area (TPSA) is 38.3 Å². The molecule has 6 heteroatoms. The summed E-state index contributed by atoms with van der Waals surface area (Å²) in [5.74, 6) is 0.959. The van der Waals surface area contributed by atoms with Crippen LogP contribution in [-0.2, 0) is 4.74 Å². The fourth-order valence-electron chi connectivity index (χ4n) is 2.23. The Morgan fingerprint density at radius 2 is 2.33 bits per heavy atom. The van der Waals surface area contributed by atoms with Crippen molar-refractivity contribution in [3.63, 3.8) is 0 Å². The van der Waals surface area contributed by atoms with Crippen LogP contribution >= 0.6 is 34.3 Å². The smallest absolute Gasteiger partial charge is 0.261 e. The van der Waals surface area contributed by atoms with Crippen LogP contribution < -0.4 is 5.32 Å². The quantitative estimate of drug-likeness (QED) is 0.882. The van der Waals surface area contributed by atoms with E-state index in [-0.39, 0.29) is 11.8 Å². The number of hydrogen-bond donors (Lipinski definition) is 1. The molecule has 0 radical (unpaired) electrons. The zero-order valence-electron chi connectivity index (χ0n) is 11.2. The van der Waals surface area contributed by atoms with Gasteiger partial charge in [-0.05, 0) is 29.7 Å². The van der Waals surface area contributed by atoms with Gasteiger partial charge in [-0.1, -0.05) is 17.7 Å². The van der Waals surface area contributed by atoms with Crippen LogP contribution in [-0.4, -0.2) is 19.1 Å². The van der Waals surface area contributed by atoms with Gasteiger partial charge in [0.2, 0.25) is 0 Å². The molecular formula is C15H14ClNO2S2. The second kappa shape index (κ2) is 6.64. The van der Waals surface area contributed by atoms with E-state index in [0.717, 1.165) is 18.8 Å². The molecule has 3 nitrogen and oxygen atoms in total. The molecule has 3 rings (SSSR count). The van der Waals surface area contributed by atoms with Crippen LogP contribution in [0.4, 0.5) is 0 Å². The van der Waals surface area contributed by atoms with Gasteiger partial charge >= 0.3 is 0 Å².